The quantitative estimate of drug-likeness (QED) is 0.874. The van der Waals surface area contributed by atoms with E-state index in [9.17, 15) is 4.79 Å². The summed E-state index contributed by atoms with van der Waals surface area (Å²) in [5, 5.41) is 3.53. The monoisotopic (exact) mass is 373 g/mol. The van der Waals surface area contributed by atoms with Gasteiger partial charge in [0.2, 0.25) is 0 Å². The number of halogens is 1. The number of nitrogens with zero attached hydrogens (tertiary/aromatic N) is 2. The maximum Gasteiger partial charge on any atom is 0.323 e. The van der Waals surface area contributed by atoms with Crippen LogP contribution in [-0.2, 0) is 6.54 Å². The van der Waals surface area contributed by atoms with Gasteiger partial charge in [-0.1, -0.05) is 29.8 Å². The van der Waals surface area contributed by atoms with Gasteiger partial charge in [0, 0.05) is 23.7 Å². The summed E-state index contributed by atoms with van der Waals surface area (Å²) in [6.07, 6.45) is 0. The van der Waals surface area contributed by atoms with Crippen molar-refractivity contribution in [1.29, 1.82) is 0 Å². The number of amidine groups is 1. The van der Waals surface area contributed by atoms with Crippen molar-refractivity contribution in [2.24, 2.45) is 4.99 Å². The minimum Gasteiger partial charge on any atom is -0.493 e. The highest BCUT2D eigenvalue weighted by molar-refractivity contribution is 6.31. The van der Waals surface area contributed by atoms with Crippen molar-refractivity contribution in [2.45, 2.75) is 6.54 Å². The van der Waals surface area contributed by atoms with E-state index < -0.39 is 0 Å². The molecule has 6 nitrogen and oxygen atoms in total. The molecule has 0 atom stereocenters. The maximum absolute atomic E-state index is 12.6. The second-order valence-corrected chi connectivity index (χ2v) is 6.15. The number of amides is 2. The summed E-state index contributed by atoms with van der Waals surface area (Å²) < 4.78 is 10.5. The molecule has 3 rings (SSSR count). The average Bonchev–Trinajstić information content (AvgIpc) is 3.15. The smallest absolute Gasteiger partial charge is 0.323 e. The Morgan fingerprint density at radius 1 is 1.19 bits per heavy atom. The van der Waals surface area contributed by atoms with Gasteiger partial charge >= 0.3 is 6.03 Å². The minimum absolute atomic E-state index is 0.198. The molecule has 0 aromatic heterocycles. The lowest BCUT2D eigenvalue weighted by atomic mass is 10.2. The fourth-order valence-electron chi connectivity index (χ4n) is 2.78. The van der Waals surface area contributed by atoms with E-state index in [1.165, 1.54) is 0 Å². The molecular weight excluding hydrogens is 354 g/mol. The molecule has 2 aromatic rings. The van der Waals surface area contributed by atoms with E-state index in [0.29, 0.717) is 42.0 Å². The second kappa shape index (κ2) is 8.10. The van der Waals surface area contributed by atoms with Crippen LogP contribution in [0.1, 0.15) is 11.1 Å². The third kappa shape index (κ3) is 3.91. The van der Waals surface area contributed by atoms with Crippen LogP contribution < -0.4 is 14.8 Å². The number of benzene rings is 2. The Labute approximate surface area is 157 Å². The molecule has 136 valence electrons. The lowest BCUT2D eigenvalue weighted by Gasteiger charge is -2.19. The number of urea groups is 1. The van der Waals surface area contributed by atoms with Crippen molar-refractivity contribution in [3.8, 4) is 11.5 Å². The van der Waals surface area contributed by atoms with Gasteiger partial charge in [-0.05, 0) is 29.8 Å². The van der Waals surface area contributed by atoms with Crippen LogP contribution in [0, 0.1) is 0 Å². The van der Waals surface area contributed by atoms with E-state index in [-0.39, 0.29) is 6.03 Å². The maximum atomic E-state index is 12.6. The lowest BCUT2D eigenvalue weighted by Crippen LogP contribution is -2.42. The van der Waals surface area contributed by atoms with Crippen molar-refractivity contribution in [3.05, 3.63) is 58.6 Å². The van der Waals surface area contributed by atoms with Crippen LogP contribution in [0.2, 0.25) is 5.02 Å². The number of hydrogen-bond acceptors (Lipinski definition) is 4. The molecule has 7 heteroatoms. The fourth-order valence-corrected chi connectivity index (χ4v) is 2.97. The Morgan fingerprint density at radius 2 is 2.00 bits per heavy atom. The number of hydrogen-bond donors (Lipinski definition) is 1. The number of nitrogens with one attached hydrogen (secondary N) is 1. The highest BCUT2D eigenvalue weighted by Crippen LogP contribution is 2.27. The predicted octanol–water partition coefficient (Wildman–Crippen LogP) is 3.33. The van der Waals surface area contributed by atoms with Gasteiger partial charge in [-0.15, -0.1) is 0 Å². The summed E-state index contributed by atoms with van der Waals surface area (Å²) in [6.45, 7) is 1.49. The number of carbonyl (C=O) groups excluding carboxylic acids is 1. The van der Waals surface area contributed by atoms with Crippen LogP contribution in [0.15, 0.2) is 47.5 Å². The van der Waals surface area contributed by atoms with E-state index >= 15 is 0 Å². The molecule has 2 amide bonds. The van der Waals surface area contributed by atoms with Crippen LogP contribution in [0.3, 0.4) is 0 Å². The average molecular weight is 374 g/mol. The van der Waals surface area contributed by atoms with Crippen molar-refractivity contribution >= 4 is 23.5 Å². The summed E-state index contributed by atoms with van der Waals surface area (Å²) in [7, 11) is 3.17. The first-order valence-corrected chi connectivity index (χ1v) is 8.57. The molecule has 0 aliphatic carbocycles. The first-order chi connectivity index (χ1) is 12.6. The zero-order valence-electron chi connectivity index (χ0n) is 14.7. The zero-order chi connectivity index (χ0) is 18.5. The Balaban J connectivity index is 1.67. The molecule has 0 saturated heterocycles. The molecule has 26 heavy (non-hydrogen) atoms. The van der Waals surface area contributed by atoms with E-state index in [1.807, 2.05) is 30.3 Å². The van der Waals surface area contributed by atoms with Crippen LogP contribution in [0.25, 0.3) is 0 Å². The Kier molecular flexibility index (Phi) is 5.63. The summed E-state index contributed by atoms with van der Waals surface area (Å²) >= 11 is 6.05. The van der Waals surface area contributed by atoms with E-state index in [0.717, 1.165) is 11.1 Å². The molecule has 0 fully saturated rings. The molecule has 0 unspecified atom stereocenters. The first-order valence-electron chi connectivity index (χ1n) is 8.19. The van der Waals surface area contributed by atoms with Crippen molar-refractivity contribution < 1.29 is 14.3 Å². The summed E-state index contributed by atoms with van der Waals surface area (Å²) in [5.74, 6) is 1.91. The second-order valence-electron chi connectivity index (χ2n) is 5.72. The molecule has 1 aliphatic heterocycles. The Hall–Kier alpha value is -2.73. The van der Waals surface area contributed by atoms with Crippen molar-refractivity contribution in [3.63, 3.8) is 0 Å². The normalized spacial score (nSPS) is 13.3. The van der Waals surface area contributed by atoms with Crippen LogP contribution in [0.4, 0.5) is 4.79 Å². The Morgan fingerprint density at radius 3 is 2.73 bits per heavy atom. The van der Waals surface area contributed by atoms with Gasteiger partial charge in [-0.2, -0.15) is 0 Å². The van der Waals surface area contributed by atoms with Crippen LogP contribution in [0.5, 0.6) is 11.5 Å². The van der Waals surface area contributed by atoms with Crippen molar-refractivity contribution in [2.75, 3.05) is 27.3 Å². The number of aliphatic imine (C=N–C) groups is 1. The van der Waals surface area contributed by atoms with Gasteiger partial charge in [-0.3, -0.25) is 9.89 Å². The molecule has 0 saturated carbocycles. The number of rotatable bonds is 5. The third-order valence-corrected chi connectivity index (χ3v) is 4.30. The number of ether oxygens (including phenoxy) is 2. The molecule has 1 N–H and O–H groups in total. The first kappa shape index (κ1) is 18.1. The topological polar surface area (TPSA) is 63.2 Å². The molecule has 2 aromatic carbocycles. The van der Waals surface area contributed by atoms with Gasteiger partial charge in [0.15, 0.2) is 11.5 Å². The van der Waals surface area contributed by atoms with E-state index in [2.05, 4.69) is 10.3 Å². The highest BCUT2D eigenvalue weighted by atomic mass is 35.5. The zero-order valence-corrected chi connectivity index (χ0v) is 15.4. The van der Waals surface area contributed by atoms with Gasteiger partial charge in [0.05, 0.1) is 20.8 Å². The van der Waals surface area contributed by atoms with Gasteiger partial charge < -0.3 is 14.8 Å². The minimum atomic E-state index is -0.198. The van der Waals surface area contributed by atoms with Crippen LogP contribution in [-0.4, -0.2) is 44.1 Å². The SMILES string of the molecule is COc1ccc(CNC(=O)N2CCN=C2c2cccc(Cl)c2)cc1OC. The molecule has 1 aliphatic rings. The van der Waals surface area contributed by atoms with E-state index in [4.69, 9.17) is 21.1 Å². The molecule has 0 spiro atoms. The fraction of sp³-hybridized carbons (Fsp3) is 0.263. The summed E-state index contributed by atoms with van der Waals surface area (Å²) in [6, 6.07) is 12.7. The third-order valence-electron chi connectivity index (χ3n) is 4.06. The van der Waals surface area contributed by atoms with Crippen molar-refractivity contribution in [1.82, 2.24) is 10.2 Å². The number of carbonyl (C=O) groups is 1. The standard InChI is InChI=1S/C19H20ClN3O3/c1-25-16-7-6-13(10-17(16)26-2)12-22-19(24)23-9-8-21-18(23)14-4-3-5-15(20)11-14/h3-7,10-11H,8-9,12H2,1-2H3,(H,22,24). The molecule has 0 radical (unpaired) electrons. The largest absolute Gasteiger partial charge is 0.493 e. The summed E-state index contributed by atoms with van der Waals surface area (Å²) in [5.41, 5.74) is 1.74. The van der Waals surface area contributed by atoms with Gasteiger partial charge in [0.25, 0.3) is 0 Å². The van der Waals surface area contributed by atoms with Gasteiger partial charge in [-0.25, -0.2) is 4.79 Å². The Bertz CT molecular complexity index is 839. The molecule has 1 heterocycles. The lowest BCUT2D eigenvalue weighted by molar-refractivity contribution is 0.223. The van der Waals surface area contributed by atoms with E-state index in [1.54, 1.807) is 31.3 Å². The van der Waals surface area contributed by atoms with Crippen LogP contribution >= 0.6 is 11.6 Å². The summed E-state index contributed by atoms with van der Waals surface area (Å²) in [4.78, 5) is 18.7. The number of methoxy groups -OCH3 is 2. The highest BCUT2D eigenvalue weighted by Gasteiger charge is 2.24. The predicted molar refractivity (Wildman–Crippen MR) is 101 cm³/mol. The molecule has 0 bridgehead atoms. The molecular formula is C19H20ClN3O3. The van der Waals surface area contributed by atoms with Gasteiger partial charge in [0.1, 0.15) is 5.84 Å².